The summed E-state index contributed by atoms with van der Waals surface area (Å²) in [4.78, 5) is 17.1. The monoisotopic (exact) mass is 543 g/mol. The highest BCUT2D eigenvalue weighted by atomic mass is 16.5. The fraction of sp³-hybridized carbons (Fsp3) is 0.500. The maximum Gasteiger partial charge on any atom is 0.343 e. The number of hydrogen-bond donors (Lipinski definition) is 0. The quantitative estimate of drug-likeness (QED) is 0.105. The van der Waals surface area contributed by atoms with Crippen LogP contribution in [0.15, 0.2) is 66.9 Å². The van der Waals surface area contributed by atoms with E-state index in [-0.39, 0.29) is 5.97 Å². The Balaban J connectivity index is 1.37. The van der Waals surface area contributed by atoms with Crippen LogP contribution in [0.5, 0.6) is 11.5 Å². The third-order valence-electron chi connectivity index (χ3n) is 7.37. The molecular formula is C36H49NO3. The van der Waals surface area contributed by atoms with Crippen LogP contribution in [-0.4, -0.2) is 17.6 Å². The number of pyridine rings is 1. The number of aromatic nitrogens is 1. The fourth-order valence-corrected chi connectivity index (χ4v) is 4.84. The molecule has 4 heteroatoms. The van der Waals surface area contributed by atoms with Crippen LogP contribution >= 0.6 is 0 Å². The Labute approximate surface area is 242 Å². The standard InChI is InChI=1S/C36H49NO3/c1-3-5-7-9-11-13-15-17-30-18-20-32(21-19-30)36(38)40-34-26-27-35(37-29-34)31-22-24-33(25-23-31)39-28-16-14-12-10-8-6-4-2/h18-27,29H,3-17,28H2,1-2H3. The molecule has 0 saturated carbocycles. The molecule has 1 heterocycles. The SMILES string of the molecule is CCCCCCCCCOc1ccc(-c2ccc(OC(=O)c3ccc(CCCCCCCCC)cc3)cn2)cc1. The number of carbonyl (C=O) groups excluding carboxylic acids is 1. The van der Waals surface area contributed by atoms with Gasteiger partial charge in [0, 0.05) is 5.56 Å². The van der Waals surface area contributed by atoms with E-state index in [1.54, 1.807) is 12.3 Å². The number of aryl methyl sites for hydroxylation is 1. The topological polar surface area (TPSA) is 48.4 Å². The number of nitrogens with zero attached hydrogens (tertiary/aromatic N) is 1. The second-order valence-corrected chi connectivity index (χ2v) is 10.8. The molecule has 0 aliphatic carbocycles. The van der Waals surface area contributed by atoms with Gasteiger partial charge in [-0.05, 0) is 73.4 Å². The minimum atomic E-state index is -0.362. The van der Waals surface area contributed by atoms with Crippen LogP contribution in [0, 0.1) is 0 Å². The van der Waals surface area contributed by atoms with E-state index < -0.39 is 0 Å². The Bertz CT molecular complexity index is 1070. The molecule has 1 aromatic heterocycles. The second kappa shape index (κ2) is 19.0. The Hall–Kier alpha value is -3.14. The van der Waals surface area contributed by atoms with Crippen LogP contribution in [0.3, 0.4) is 0 Å². The van der Waals surface area contributed by atoms with Crippen molar-refractivity contribution in [3.8, 4) is 22.8 Å². The van der Waals surface area contributed by atoms with Gasteiger partial charge in [0.15, 0.2) is 0 Å². The summed E-state index contributed by atoms with van der Waals surface area (Å²) in [6.45, 7) is 5.26. The maximum atomic E-state index is 12.6. The zero-order chi connectivity index (χ0) is 28.3. The Morgan fingerprint density at radius 1 is 0.625 bits per heavy atom. The molecule has 3 rings (SSSR count). The molecule has 0 atom stereocenters. The van der Waals surface area contributed by atoms with E-state index in [0.29, 0.717) is 11.3 Å². The van der Waals surface area contributed by atoms with Gasteiger partial charge >= 0.3 is 5.97 Å². The van der Waals surface area contributed by atoms with E-state index in [0.717, 1.165) is 36.5 Å². The molecule has 0 bridgehead atoms. The van der Waals surface area contributed by atoms with E-state index in [2.05, 4.69) is 18.8 Å². The van der Waals surface area contributed by atoms with Crippen LogP contribution in [0.1, 0.15) is 120 Å². The van der Waals surface area contributed by atoms with Gasteiger partial charge in [-0.3, -0.25) is 4.98 Å². The first-order chi connectivity index (χ1) is 19.7. The lowest BCUT2D eigenvalue weighted by molar-refractivity contribution is 0.0734. The first-order valence-electron chi connectivity index (χ1n) is 15.7. The average Bonchev–Trinajstić information content (AvgIpc) is 2.99. The van der Waals surface area contributed by atoms with Gasteiger partial charge in [0.25, 0.3) is 0 Å². The van der Waals surface area contributed by atoms with Crippen LogP contribution in [0.4, 0.5) is 0 Å². The van der Waals surface area contributed by atoms with E-state index in [4.69, 9.17) is 9.47 Å². The summed E-state index contributed by atoms with van der Waals surface area (Å²) in [5, 5.41) is 0. The molecule has 0 saturated heterocycles. The molecule has 0 radical (unpaired) electrons. The largest absolute Gasteiger partial charge is 0.494 e. The summed E-state index contributed by atoms with van der Waals surface area (Å²) in [6, 6.07) is 19.5. The number of hydrogen-bond acceptors (Lipinski definition) is 4. The highest BCUT2D eigenvalue weighted by Crippen LogP contribution is 2.23. The van der Waals surface area contributed by atoms with Crippen molar-refractivity contribution in [1.29, 1.82) is 0 Å². The molecule has 0 unspecified atom stereocenters. The van der Waals surface area contributed by atoms with Crippen LogP contribution in [-0.2, 0) is 6.42 Å². The van der Waals surface area contributed by atoms with E-state index >= 15 is 0 Å². The number of carbonyl (C=O) groups is 1. The normalized spacial score (nSPS) is 10.9. The summed E-state index contributed by atoms with van der Waals surface area (Å²) in [7, 11) is 0. The smallest absolute Gasteiger partial charge is 0.343 e. The molecule has 216 valence electrons. The highest BCUT2D eigenvalue weighted by Gasteiger charge is 2.10. The number of esters is 1. The maximum absolute atomic E-state index is 12.6. The molecule has 0 N–H and O–H groups in total. The van der Waals surface area contributed by atoms with Gasteiger partial charge in [-0.15, -0.1) is 0 Å². The summed E-state index contributed by atoms with van der Waals surface area (Å²) in [5.41, 5.74) is 3.65. The van der Waals surface area contributed by atoms with Crippen molar-refractivity contribution in [1.82, 2.24) is 4.98 Å². The number of rotatable bonds is 20. The van der Waals surface area contributed by atoms with Crippen molar-refractivity contribution < 1.29 is 14.3 Å². The van der Waals surface area contributed by atoms with Gasteiger partial charge in [0.1, 0.15) is 11.5 Å². The van der Waals surface area contributed by atoms with Crippen molar-refractivity contribution in [2.45, 2.75) is 110 Å². The summed E-state index contributed by atoms with van der Waals surface area (Å²) in [6.07, 6.45) is 20.7. The number of benzene rings is 2. The predicted molar refractivity (Wildman–Crippen MR) is 166 cm³/mol. The Morgan fingerprint density at radius 3 is 1.80 bits per heavy atom. The van der Waals surface area contributed by atoms with Crippen molar-refractivity contribution in [3.63, 3.8) is 0 Å². The second-order valence-electron chi connectivity index (χ2n) is 10.8. The lowest BCUT2D eigenvalue weighted by atomic mass is 10.0. The molecule has 4 nitrogen and oxygen atoms in total. The lowest BCUT2D eigenvalue weighted by Gasteiger charge is -2.08. The van der Waals surface area contributed by atoms with Crippen molar-refractivity contribution in [3.05, 3.63) is 78.0 Å². The van der Waals surface area contributed by atoms with Gasteiger partial charge in [-0.25, -0.2) is 4.79 Å². The summed E-state index contributed by atoms with van der Waals surface area (Å²) < 4.78 is 11.5. The van der Waals surface area contributed by atoms with Gasteiger partial charge < -0.3 is 9.47 Å². The molecule has 3 aromatic rings. The zero-order valence-corrected chi connectivity index (χ0v) is 24.8. The van der Waals surface area contributed by atoms with Gasteiger partial charge in [-0.2, -0.15) is 0 Å². The number of ether oxygens (including phenoxy) is 2. The minimum Gasteiger partial charge on any atom is -0.494 e. The first-order valence-corrected chi connectivity index (χ1v) is 15.7. The number of unbranched alkanes of at least 4 members (excludes halogenated alkanes) is 12. The van der Waals surface area contributed by atoms with Crippen molar-refractivity contribution in [2.24, 2.45) is 0 Å². The lowest BCUT2D eigenvalue weighted by Crippen LogP contribution is -2.08. The Morgan fingerprint density at radius 2 is 1.20 bits per heavy atom. The molecule has 2 aromatic carbocycles. The molecule has 0 aliphatic heterocycles. The molecule has 0 spiro atoms. The van der Waals surface area contributed by atoms with Crippen LogP contribution < -0.4 is 9.47 Å². The average molecular weight is 544 g/mol. The third-order valence-corrected chi connectivity index (χ3v) is 7.37. The summed E-state index contributed by atoms with van der Waals surface area (Å²) in [5.74, 6) is 0.962. The molecular weight excluding hydrogens is 494 g/mol. The van der Waals surface area contributed by atoms with Crippen molar-refractivity contribution >= 4 is 5.97 Å². The molecule has 0 fully saturated rings. The van der Waals surface area contributed by atoms with Gasteiger partial charge in [0.05, 0.1) is 24.1 Å². The Kier molecular flexibility index (Phi) is 14.9. The molecule has 0 aliphatic rings. The molecule has 40 heavy (non-hydrogen) atoms. The predicted octanol–water partition coefficient (Wildman–Crippen LogP) is 10.4. The molecule has 0 amide bonds. The van der Waals surface area contributed by atoms with Gasteiger partial charge in [-0.1, -0.05) is 103 Å². The fourth-order valence-electron chi connectivity index (χ4n) is 4.84. The van der Waals surface area contributed by atoms with E-state index in [1.165, 1.54) is 89.0 Å². The van der Waals surface area contributed by atoms with E-state index in [1.807, 2.05) is 54.6 Å². The van der Waals surface area contributed by atoms with Crippen LogP contribution in [0.2, 0.25) is 0 Å². The highest BCUT2D eigenvalue weighted by molar-refractivity contribution is 5.91. The minimum absolute atomic E-state index is 0.362. The summed E-state index contributed by atoms with van der Waals surface area (Å²) >= 11 is 0. The van der Waals surface area contributed by atoms with Crippen molar-refractivity contribution in [2.75, 3.05) is 6.61 Å². The van der Waals surface area contributed by atoms with Gasteiger partial charge in [0.2, 0.25) is 0 Å². The third kappa shape index (κ3) is 11.9. The zero-order valence-electron chi connectivity index (χ0n) is 24.8. The first kappa shape index (κ1) is 31.4. The van der Waals surface area contributed by atoms with E-state index in [9.17, 15) is 4.79 Å². The van der Waals surface area contributed by atoms with Crippen LogP contribution in [0.25, 0.3) is 11.3 Å².